The van der Waals surface area contributed by atoms with Gasteiger partial charge in [-0.05, 0) is 53.2 Å². The minimum atomic E-state index is -0.230. The van der Waals surface area contributed by atoms with Crippen LogP contribution in [0.25, 0.3) is 5.69 Å². The summed E-state index contributed by atoms with van der Waals surface area (Å²) in [5.74, 6) is 0.208. The lowest BCUT2D eigenvalue weighted by Gasteiger charge is -2.13. The molecule has 2 amide bonds. The number of imide groups is 1. The first-order chi connectivity index (χ1) is 13.1. The maximum absolute atomic E-state index is 12.3. The average Bonchev–Trinajstić information content (AvgIpc) is 3.24. The lowest BCUT2D eigenvalue weighted by Crippen LogP contribution is -2.31. The molecule has 1 aliphatic rings. The molecule has 1 aliphatic heterocycles. The predicted octanol–water partition coefficient (Wildman–Crippen LogP) is 3.09. The van der Waals surface area contributed by atoms with Crippen molar-refractivity contribution in [2.45, 2.75) is 11.6 Å². The molecule has 7 nitrogen and oxygen atoms in total. The molecule has 0 atom stereocenters. The van der Waals surface area contributed by atoms with E-state index in [-0.39, 0.29) is 11.8 Å². The third-order valence-corrected chi connectivity index (χ3v) is 5.41. The number of tetrazole rings is 1. The van der Waals surface area contributed by atoms with Crippen molar-refractivity contribution in [3.8, 4) is 5.69 Å². The molecule has 0 N–H and O–H groups in total. The van der Waals surface area contributed by atoms with Crippen LogP contribution in [-0.2, 0) is 0 Å². The Morgan fingerprint density at radius 1 is 0.963 bits per heavy atom. The van der Waals surface area contributed by atoms with E-state index in [0.717, 1.165) is 5.69 Å². The van der Waals surface area contributed by atoms with Crippen LogP contribution in [0.15, 0.2) is 53.7 Å². The lowest BCUT2D eigenvalue weighted by molar-refractivity contribution is 0.0655. The summed E-state index contributed by atoms with van der Waals surface area (Å²) in [6.07, 6.45) is 0.642. The van der Waals surface area contributed by atoms with E-state index in [4.69, 9.17) is 11.6 Å². The Balaban J connectivity index is 1.36. The number of carbonyl (C=O) groups is 2. The monoisotopic (exact) mass is 399 g/mol. The van der Waals surface area contributed by atoms with E-state index in [2.05, 4.69) is 15.5 Å². The molecule has 27 heavy (non-hydrogen) atoms. The van der Waals surface area contributed by atoms with Crippen LogP contribution in [0, 0.1) is 0 Å². The summed E-state index contributed by atoms with van der Waals surface area (Å²) in [5, 5.41) is 13.0. The summed E-state index contributed by atoms with van der Waals surface area (Å²) in [5.41, 5.74) is 1.76. The highest BCUT2D eigenvalue weighted by Gasteiger charge is 2.34. The Kier molecular flexibility index (Phi) is 4.91. The Hall–Kier alpha value is -2.71. The van der Waals surface area contributed by atoms with Crippen LogP contribution in [0.3, 0.4) is 0 Å². The fourth-order valence-corrected chi connectivity index (χ4v) is 3.78. The second-order valence-corrected chi connectivity index (χ2v) is 7.36. The number of hydrogen-bond acceptors (Lipinski definition) is 6. The third kappa shape index (κ3) is 3.45. The number of amides is 2. The molecule has 4 rings (SSSR count). The first-order valence-electron chi connectivity index (χ1n) is 8.27. The van der Waals surface area contributed by atoms with Crippen molar-refractivity contribution in [3.05, 3.63) is 64.7 Å². The molecule has 9 heteroatoms. The zero-order valence-electron chi connectivity index (χ0n) is 14.1. The lowest BCUT2D eigenvalue weighted by atomic mass is 10.1. The molecule has 0 fully saturated rings. The fraction of sp³-hybridized carbons (Fsp3) is 0.167. The molecule has 2 aromatic carbocycles. The van der Waals surface area contributed by atoms with Crippen molar-refractivity contribution >= 4 is 35.2 Å². The number of halogens is 1. The van der Waals surface area contributed by atoms with Crippen LogP contribution in [0.5, 0.6) is 0 Å². The van der Waals surface area contributed by atoms with E-state index in [0.29, 0.717) is 40.0 Å². The van der Waals surface area contributed by atoms with Gasteiger partial charge >= 0.3 is 0 Å². The number of benzene rings is 2. The van der Waals surface area contributed by atoms with E-state index in [1.807, 2.05) is 12.1 Å². The molecule has 0 bridgehead atoms. The summed E-state index contributed by atoms with van der Waals surface area (Å²) < 4.78 is 1.63. The quantitative estimate of drug-likeness (QED) is 0.360. The van der Waals surface area contributed by atoms with Crippen LogP contribution in [0.4, 0.5) is 0 Å². The summed E-state index contributed by atoms with van der Waals surface area (Å²) in [7, 11) is 0. The minimum Gasteiger partial charge on any atom is -0.274 e. The molecular weight excluding hydrogens is 386 g/mol. The molecule has 0 aliphatic carbocycles. The van der Waals surface area contributed by atoms with Crippen LogP contribution in [0.1, 0.15) is 27.1 Å². The van der Waals surface area contributed by atoms with E-state index in [9.17, 15) is 9.59 Å². The Labute approximate surface area is 164 Å². The highest BCUT2D eigenvalue weighted by Crippen LogP contribution is 2.24. The van der Waals surface area contributed by atoms with Crippen molar-refractivity contribution in [1.82, 2.24) is 25.1 Å². The van der Waals surface area contributed by atoms with Gasteiger partial charge in [-0.3, -0.25) is 14.5 Å². The summed E-state index contributed by atoms with van der Waals surface area (Å²) in [4.78, 5) is 26.0. The van der Waals surface area contributed by atoms with Crippen molar-refractivity contribution in [2.75, 3.05) is 12.3 Å². The van der Waals surface area contributed by atoms with Crippen LogP contribution in [0.2, 0.25) is 5.02 Å². The van der Waals surface area contributed by atoms with Gasteiger partial charge < -0.3 is 0 Å². The van der Waals surface area contributed by atoms with Gasteiger partial charge in [0.25, 0.3) is 11.8 Å². The van der Waals surface area contributed by atoms with Crippen molar-refractivity contribution in [2.24, 2.45) is 0 Å². The molecule has 0 saturated carbocycles. The fourth-order valence-electron chi connectivity index (χ4n) is 2.84. The summed E-state index contributed by atoms with van der Waals surface area (Å²) >= 11 is 7.38. The highest BCUT2D eigenvalue weighted by atomic mass is 35.5. The minimum absolute atomic E-state index is 0.230. The first kappa shape index (κ1) is 17.7. The molecular formula is C18H14ClN5O2S. The number of rotatable bonds is 6. The zero-order valence-corrected chi connectivity index (χ0v) is 15.7. The van der Waals surface area contributed by atoms with Crippen molar-refractivity contribution in [3.63, 3.8) is 0 Å². The summed E-state index contributed by atoms with van der Waals surface area (Å²) in [6.45, 7) is 0.363. The molecule has 3 aromatic rings. The van der Waals surface area contributed by atoms with E-state index in [1.54, 1.807) is 41.1 Å². The maximum Gasteiger partial charge on any atom is 0.261 e. The second kappa shape index (κ2) is 7.50. The Bertz CT molecular complexity index is 970. The highest BCUT2D eigenvalue weighted by molar-refractivity contribution is 7.99. The SMILES string of the molecule is O=C1c2ccccc2C(=O)N1CCCSc1nnnn1-c1ccc(Cl)cc1. The Morgan fingerprint density at radius 3 is 2.30 bits per heavy atom. The molecule has 0 spiro atoms. The van der Waals surface area contributed by atoms with Gasteiger partial charge in [0.1, 0.15) is 0 Å². The van der Waals surface area contributed by atoms with Gasteiger partial charge in [-0.25, -0.2) is 0 Å². The molecule has 136 valence electrons. The van der Waals surface area contributed by atoms with E-state index in [1.165, 1.54) is 16.7 Å². The van der Waals surface area contributed by atoms with E-state index >= 15 is 0 Å². The number of carbonyl (C=O) groups excluding carboxylic acids is 2. The van der Waals surface area contributed by atoms with Gasteiger partial charge in [-0.2, -0.15) is 4.68 Å². The van der Waals surface area contributed by atoms with Gasteiger partial charge in [0.05, 0.1) is 16.8 Å². The molecule has 0 radical (unpaired) electrons. The number of thioether (sulfide) groups is 1. The van der Waals surface area contributed by atoms with Gasteiger partial charge in [-0.15, -0.1) is 5.10 Å². The van der Waals surface area contributed by atoms with Gasteiger partial charge in [0, 0.05) is 17.3 Å². The summed E-state index contributed by atoms with van der Waals surface area (Å²) in [6, 6.07) is 14.1. The van der Waals surface area contributed by atoms with Gasteiger partial charge in [0.15, 0.2) is 0 Å². The van der Waals surface area contributed by atoms with Crippen molar-refractivity contribution in [1.29, 1.82) is 0 Å². The number of aromatic nitrogens is 4. The number of nitrogens with zero attached hydrogens (tertiary/aromatic N) is 5. The predicted molar refractivity (Wildman–Crippen MR) is 101 cm³/mol. The van der Waals surface area contributed by atoms with Crippen LogP contribution >= 0.6 is 23.4 Å². The standard InChI is InChI=1S/C18H14ClN5O2S/c19-12-6-8-13(9-7-12)24-18(20-21-22-24)27-11-3-10-23-16(25)14-4-1-2-5-15(14)17(23)26/h1-2,4-9H,3,10-11H2. The molecule has 2 heterocycles. The van der Waals surface area contributed by atoms with Crippen LogP contribution < -0.4 is 0 Å². The molecule has 0 saturated heterocycles. The number of hydrogen-bond donors (Lipinski definition) is 0. The normalized spacial score (nSPS) is 13.3. The van der Waals surface area contributed by atoms with E-state index < -0.39 is 0 Å². The molecule has 0 unspecified atom stereocenters. The number of fused-ring (bicyclic) bond motifs is 1. The first-order valence-corrected chi connectivity index (χ1v) is 9.64. The zero-order chi connectivity index (χ0) is 18.8. The largest absolute Gasteiger partial charge is 0.274 e. The Morgan fingerprint density at radius 2 is 1.63 bits per heavy atom. The molecule has 1 aromatic heterocycles. The maximum atomic E-state index is 12.3. The van der Waals surface area contributed by atoms with Crippen molar-refractivity contribution < 1.29 is 9.59 Å². The topological polar surface area (TPSA) is 81.0 Å². The second-order valence-electron chi connectivity index (χ2n) is 5.86. The average molecular weight is 400 g/mol. The smallest absolute Gasteiger partial charge is 0.261 e. The van der Waals surface area contributed by atoms with Crippen LogP contribution in [-0.4, -0.2) is 49.2 Å². The van der Waals surface area contributed by atoms with Gasteiger partial charge in [0.2, 0.25) is 5.16 Å². The van der Waals surface area contributed by atoms with Gasteiger partial charge in [-0.1, -0.05) is 35.5 Å². The third-order valence-electron chi connectivity index (χ3n) is 4.15.